The van der Waals surface area contributed by atoms with Crippen molar-refractivity contribution in [3.05, 3.63) is 96.1 Å². The van der Waals surface area contributed by atoms with Crippen molar-refractivity contribution in [3.63, 3.8) is 0 Å². The van der Waals surface area contributed by atoms with E-state index in [-0.39, 0.29) is 11.1 Å². The SMILES string of the molecule is CC(OC(=O)c1ccccc1C(=O)O)(Oc1ccccc1)Oc1ccccc1. The summed E-state index contributed by atoms with van der Waals surface area (Å²) >= 11 is 0. The van der Waals surface area contributed by atoms with Gasteiger partial charge in [-0.1, -0.05) is 48.5 Å². The van der Waals surface area contributed by atoms with Crippen LogP contribution in [0, 0.1) is 0 Å². The summed E-state index contributed by atoms with van der Waals surface area (Å²) in [7, 11) is 0. The Labute approximate surface area is 161 Å². The van der Waals surface area contributed by atoms with Crippen molar-refractivity contribution < 1.29 is 28.9 Å². The highest BCUT2D eigenvalue weighted by molar-refractivity contribution is 6.02. The molecular formula is C22H18O6. The molecule has 0 amide bonds. The van der Waals surface area contributed by atoms with Crippen LogP contribution in [0.25, 0.3) is 0 Å². The van der Waals surface area contributed by atoms with Crippen LogP contribution in [0.5, 0.6) is 11.5 Å². The molecule has 3 aromatic carbocycles. The quantitative estimate of drug-likeness (QED) is 0.485. The Bertz CT molecular complexity index is 912. The van der Waals surface area contributed by atoms with E-state index in [1.54, 1.807) is 54.6 Å². The molecule has 0 spiro atoms. The Morgan fingerprint density at radius 2 is 1.14 bits per heavy atom. The summed E-state index contributed by atoms with van der Waals surface area (Å²) in [5.74, 6) is -3.11. The molecule has 3 aromatic rings. The molecule has 1 N–H and O–H groups in total. The molecule has 6 heteroatoms. The number of rotatable bonds is 7. The van der Waals surface area contributed by atoms with E-state index in [4.69, 9.17) is 14.2 Å². The van der Waals surface area contributed by atoms with Gasteiger partial charge in [0.15, 0.2) is 0 Å². The van der Waals surface area contributed by atoms with Crippen molar-refractivity contribution in [2.75, 3.05) is 0 Å². The predicted octanol–water partition coefficient (Wildman–Crippen LogP) is 4.37. The number of carboxylic acid groups (broad SMARTS) is 1. The first-order chi connectivity index (χ1) is 13.5. The summed E-state index contributed by atoms with van der Waals surface area (Å²) < 4.78 is 17.0. The van der Waals surface area contributed by atoms with E-state index in [0.29, 0.717) is 11.5 Å². The number of benzene rings is 3. The zero-order valence-electron chi connectivity index (χ0n) is 15.1. The van der Waals surface area contributed by atoms with Crippen LogP contribution in [0.1, 0.15) is 27.6 Å². The molecule has 0 radical (unpaired) electrons. The average molecular weight is 378 g/mol. The molecule has 0 fully saturated rings. The molecule has 28 heavy (non-hydrogen) atoms. The van der Waals surface area contributed by atoms with E-state index >= 15 is 0 Å². The van der Waals surface area contributed by atoms with Crippen molar-refractivity contribution in [1.29, 1.82) is 0 Å². The number of esters is 1. The first-order valence-corrected chi connectivity index (χ1v) is 8.51. The largest absolute Gasteiger partial charge is 0.478 e. The van der Waals surface area contributed by atoms with E-state index in [2.05, 4.69) is 0 Å². The number of aromatic carboxylic acids is 1. The number of carbonyl (C=O) groups is 2. The van der Waals surface area contributed by atoms with Gasteiger partial charge in [0.2, 0.25) is 0 Å². The minimum Gasteiger partial charge on any atom is -0.478 e. The van der Waals surface area contributed by atoms with E-state index in [9.17, 15) is 14.7 Å². The summed E-state index contributed by atoms with van der Waals surface area (Å²) in [6.07, 6.45) is 0. The van der Waals surface area contributed by atoms with Crippen molar-refractivity contribution in [2.45, 2.75) is 12.9 Å². The van der Waals surface area contributed by atoms with E-state index in [1.807, 2.05) is 12.1 Å². The van der Waals surface area contributed by atoms with Gasteiger partial charge in [0.05, 0.1) is 18.1 Å². The third-order valence-corrected chi connectivity index (χ3v) is 3.75. The van der Waals surface area contributed by atoms with Crippen molar-refractivity contribution in [2.24, 2.45) is 0 Å². The predicted molar refractivity (Wildman–Crippen MR) is 101 cm³/mol. The minimum atomic E-state index is -1.83. The Morgan fingerprint density at radius 3 is 1.61 bits per heavy atom. The molecule has 142 valence electrons. The molecule has 6 nitrogen and oxygen atoms in total. The van der Waals surface area contributed by atoms with Gasteiger partial charge in [0, 0.05) is 0 Å². The molecule has 3 rings (SSSR count). The summed E-state index contributed by atoms with van der Waals surface area (Å²) in [5, 5.41) is 9.31. The van der Waals surface area contributed by atoms with Gasteiger partial charge in [-0.15, -0.1) is 0 Å². The Morgan fingerprint density at radius 1 is 0.714 bits per heavy atom. The van der Waals surface area contributed by atoms with E-state index in [1.165, 1.54) is 25.1 Å². The van der Waals surface area contributed by atoms with Crippen LogP contribution >= 0.6 is 0 Å². The minimum absolute atomic E-state index is 0.102. The van der Waals surface area contributed by atoms with Gasteiger partial charge in [-0.25, -0.2) is 9.59 Å². The van der Waals surface area contributed by atoms with Gasteiger partial charge in [0.25, 0.3) is 0 Å². The number of carbonyl (C=O) groups excluding carboxylic acids is 1. The van der Waals surface area contributed by atoms with Crippen molar-refractivity contribution >= 4 is 11.9 Å². The van der Waals surface area contributed by atoms with Gasteiger partial charge in [-0.3, -0.25) is 0 Å². The van der Waals surface area contributed by atoms with Crippen molar-refractivity contribution in [1.82, 2.24) is 0 Å². The van der Waals surface area contributed by atoms with Gasteiger partial charge in [0.1, 0.15) is 11.5 Å². The monoisotopic (exact) mass is 378 g/mol. The van der Waals surface area contributed by atoms with Gasteiger partial charge >= 0.3 is 17.9 Å². The fourth-order valence-electron chi connectivity index (χ4n) is 2.54. The first-order valence-electron chi connectivity index (χ1n) is 8.51. The number of para-hydroxylation sites is 2. The van der Waals surface area contributed by atoms with E-state index in [0.717, 1.165) is 0 Å². The zero-order valence-corrected chi connectivity index (χ0v) is 15.1. The number of ether oxygens (including phenoxy) is 3. The second-order valence-corrected chi connectivity index (χ2v) is 5.93. The number of hydrogen-bond donors (Lipinski definition) is 1. The number of hydrogen-bond acceptors (Lipinski definition) is 5. The standard InChI is InChI=1S/C22H18O6/c1-22(26-16-10-4-2-5-11-16,27-17-12-6-3-7-13-17)28-21(25)19-15-9-8-14-18(19)20(23)24/h2-15H,1H3,(H,23,24). The zero-order chi connectivity index (χ0) is 20.0. The second kappa shape index (κ2) is 8.26. The molecule has 0 saturated carbocycles. The maximum atomic E-state index is 12.7. The average Bonchev–Trinajstić information content (AvgIpc) is 2.69. The fourth-order valence-corrected chi connectivity index (χ4v) is 2.54. The Hall–Kier alpha value is -3.80. The van der Waals surface area contributed by atoms with Crippen LogP contribution in [-0.2, 0) is 4.74 Å². The highest BCUT2D eigenvalue weighted by Gasteiger charge is 2.36. The van der Waals surface area contributed by atoms with Crippen molar-refractivity contribution in [3.8, 4) is 11.5 Å². The number of carboxylic acids is 1. The van der Waals surface area contributed by atoms with Crippen LogP contribution in [0.4, 0.5) is 0 Å². The highest BCUT2D eigenvalue weighted by atomic mass is 16.9. The molecule has 0 heterocycles. The summed E-state index contributed by atoms with van der Waals surface area (Å²) in [5.41, 5.74) is -0.274. The molecule has 0 saturated heterocycles. The Balaban J connectivity index is 1.90. The molecule has 0 aliphatic carbocycles. The molecule has 0 aliphatic rings. The third kappa shape index (κ3) is 4.67. The molecule has 0 aromatic heterocycles. The topological polar surface area (TPSA) is 82.1 Å². The lowest BCUT2D eigenvalue weighted by Gasteiger charge is -2.30. The maximum absolute atomic E-state index is 12.7. The third-order valence-electron chi connectivity index (χ3n) is 3.75. The molecular weight excluding hydrogens is 360 g/mol. The summed E-state index contributed by atoms with van der Waals surface area (Å²) in [6, 6.07) is 23.2. The second-order valence-electron chi connectivity index (χ2n) is 5.93. The molecule has 0 unspecified atom stereocenters. The smallest absolute Gasteiger partial charge is 0.416 e. The fraction of sp³-hybridized carbons (Fsp3) is 0.0909. The van der Waals surface area contributed by atoms with Crippen LogP contribution in [0.2, 0.25) is 0 Å². The summed E-state index contributed by atoms with van der Waals surface area (Å²) in [4.78, 5) is 24.1. The van der Waals surface area contributed by atoms with Crippen LogP contribution in [0.15, 0.2) is 84.9 Å². The molecule has 0 aliphatic heterocycles. The highest BCUT2D eigenvalue weighted by Crippen LogP contribution is 2.25. The maximum Gasteiger partial charge on any atom is 0.416 e. The van der Waals surface area contributed by atoms with E-state index < -0.39 is 17.9 Å². The van der Waals surface area contributed by atoms with Gasteiger partial charge in [-0.2, -0.15) is 0 Å². The van der Waals surface area contributed by atoms with Crippen LogP contribution in [0.3, 0.4) is 0 Å². The lowest BCUT2D eigenvalue weighted by Crippen LogP contribution is -2.44. The van der Waals surface area contributed by atoms with Crippen LogP contribution < -0.4 is 9.47 Å². The van der Waals surface area contributed by atoms with Gasteiger partial charge < -0.3 is 19.3 Å². The Kier molecular flexibility index (Phi) is 5.60. The molecule has 0 atom stereocenters. The lowest BCUT2D eigenvalue weighted by molar-refractivity contribution is -0.256. The summed E-state index contributed by atoms with van der Waals surface area (Å²) in [6.45, 7) is 1.44. The first kappa shape index (κ1) is 19.0. The normalized spacial score (nSPS) is 10.8. The van der Waals surface area contributed by atoms with Gasteiger partial charge in [-0.05, 0) is 36.4 Å². The molecule has 0 bridgehead atoms. The van der Waals surface area contributed by atoms with Crippen LogP contribution in [-0.4, -0.2) is 23.0 Å². The lowest BCUT2D eigenvalue weighted by atomic mass is 10.1.